The van der Waals surface area contributed by atoms with Gasteiger partial charge in [-0.15, -0.1) is 0 Å². The largest absolute Gasteiger partial charge is 0.497 e. The van der Waals surface area contributed by atoms with E-state index < -0.39 is 15.9 Å². The minimum Gasteiger partial charge on any atom is -0.497 e. The Bertz CT molecular complexity index is 968. The van der Waals surface area contributed by atoms with Gasteiger partial charge in [-0.1, -0.05) is 18.2 Å². The lowest BCUT2D eigenvalue weighted by Gasteiger charge is -2.28. The molecule has 0 bridgehead atoms. The molecule has 0 radical (unpaired) electrons. The molecule has 3 rings (SSSR count). The lowest BCUT2D eigenvalue weighted by Crippen LogP contribution is -2.36. The SMILES string of the molecule is COc1ccc(S(=O)(=O)N2CCc3ccc(/C=C/C(=O)NO)cc3C2)cc1. The van der Waals surface area contributed by atoms with Gasteiger partial charge in [0.15, 0.2) is 0 Å². The van der Waals surface area contributed by atoms with E-state index in [-0.39, 0.29) is 11.4 Å². The third-order valence-electron chi connectivity index (χ3n) is 4.44. The maximum Gasteiger partial charge on any atom is 0.267 e. The quantitative estimate of drug-likeness (QED) is 0.464. The number of rotatable bonds is 5. The summed E-state index contributed by atoms with van der Waals surface area (Å²) in [6.45, 7) is 0.668. The first kappa shape index (κ1) is 19.1. The van der Waals surface area contributed by atoms with Crippen LogP contribution in [0, 0.1) is 0 Å². The fraction of sp³-hybridized carbons (Fsp3) is 0.211. The third kappa shape index (κ3) is 4.19. The normalized spacial score (nSPS) is 14.7. The molecule has 142 valence electrons. The first-order valence-electron chi connectivity index (χ1n) is 8.32. The molecule has 2 aromatic rings. The number of carbonyl (C=O) groups is 1. The minimum atomic E-state index is -3.61. The second-order valence-electron chi connectivity index (χ2n) is 6.10. The van der Waals surface area contributed by atoms with E-state index in [9.17, 15) is 13.2 Å². The predicted octanol–water partition coefficient (Wildman–Crippen LogP) is 1.96. The van der Waals surface area contributed by atoms with Gasteiger partial charge >= 0.3 is 0 Å². The lowest BCUT2D eigenvalue weighted by molar-refractivity contribution is -0.124. The fourth-order valence-electron chi connectivity index (χ4n) is 2.97. The number of ether oxygens (including phenoxy) is 1. The summed E-state index contributed by atoms with van der Waals surface area (Å²) in [6.07, 6.45) is 3.38. The van der Waals surface area contributed by atoms with E-state index >= 15 is 0 Å². The van der Waals surface area contributed by atoms with Crippen LogP contribution in [0.3, 0.4) is 0 Å². The Morgan fingerprint density at radius 3 is 2.59 bits per heavy atom. The summed E-state index contributed by atoms with van der Waals surface area (Å²) in [5.41, 5.74) is 4.26. The summed E-state index contributed by atoms with van der Waals surface area (Å²) >= 11 is 0. The van der Waals surface area contributed by atoms with Crippen LogP contribution in [-0.4, -0.2) is 37.5 Å². The van der Waals surface area contributed by atoms with Crippen molar-refractivity contribution in [2.45, 2.75) is 17.9 Å². The minimum absolute atomic E-state index is 0.224. The van der Waals surface area contributed by atoms with Gasteiger partial charge in [0.1, 0.15) is 5.75 Å². The van der Waals surface area contributed by atoms with Crippen molar-refractivity contribution in [1.82, 2.24) is 9.79 Å². The Labute approximate surface area is 157 Å². The molecule has 0 saturated heterocycles. The van der Waals surface area contributed by atoms with E-state index in [1.165, 1.54) is 35.1 Å². The topological polar surface area (TPSA) is 95.9 Å². The molecule has 0 aromatic heterocycles. The molecule has 8 heteroatoms. The molecule has 27 heavy (non-hydrogen) atoms. The van der Waals surface area contributed by atoms with E-state index in [1.54, 1.807) is 18.2 Å². The van der Waals surface area contributed by atoms with Crippen LogP contribution in [0.4, 0.5) is 0 Å². The highest BCUT2D eigenvalue weighted by Crippen LogP contribution is 2.27. The number of methoxy groups -OCH3 is 1. The summed E-state index contributed by atoms with van der Waals surface area (Å²) in [5.74, 6) is -0.0299. The molecule has 1 amide bonds. The molecule has 0 unspecified atom stereocenters. The maximum atomic E-state index is 12.9. The molecule has 7 nitrogen and oxygen atoms in total. The van der Waals surface area contributed by atoms with Crippen molar-refractivity contribution in [3.8, 4) is 5.75 Å². The first-order valence-corrected chi connectivity index (χ1v) is 9.76. The summed E-state index contributed by atoms with van der Waals surface area (Å²) in [5, 5.41) is 8.54. The number of hydroxylamine groups is 1. The molecule has 0 spiro atoms. The molecule has 1 aliphatic heterocycles. The first-order chi connectivity index (χ1) is 12.9. The molecule has 2 aromatic carbocycles. The zero-order valence-corrected chi connectivity index (χ0v) is 15.6. The molecule has 0 aliphatic carbocycles. The third-order valence-corrected chi connectivity index (χ3v) is 6.30. The smallest absolute Gasteiger partial charge is 0.267 e. The van der Waals surface area contributed by atoms with Crippen molar-refractivity contribution in [1.29, 1.82) is 0 Å². The number of amides is 1. The fourth-order valence-corrected chi connectivity index (χ4v) is 4.38. The van der Waals surface area contributed by atoms with Crippen LogP contribution in [0.25, 0.3) is 6.08 Å². The van der Waals surface area contributed by atoms with Crippen molar-refractivity contribution in [3.05, 3.63) is 65.2 Å². The van der Waals surface area contributed by atoms with Crippen LogP contribution < -0.4 is 10.2 Å². The number of hydrogen-bond donors (Lipinski definition) is 2. The zero-order valence-electron chi connectivity index (χ0n) is 14.8. The predicted molar refractivity (Wildman–Crippen MR) is 99.7 cm³/mol. The Morgan fingerprint density at radius 2 is 1.93 bits per heavy atom. The summed E-state index contributed by atoms with van der Waals surface area (Å²) in [4.78, 5) is 11.3. The van der Waals surface area contributed by atoms with Gasteiger partial charge in [-0.3, -0.25) is 10.0 Å². The van der Waals surface area contributed by atoms with Gasteiger partial charge in [-0.2, -0.15) is 4.31 Å². The Hall–Kier alpha value is -2.68. The zero-order chi connectivity index (χ0) is 19.4. The standard InChI is InChI=1S/C19H20N2O5S/c1-26-17-5-7-18(8-6-17)27(24,25)21-11-10-15-4-2-14(12-16(15)13-21)3-9-19(22)20-23/h2-9,12,23H,10-11,13H2,1H3,(H,20,22)/b9-3+. The molecule has 0 saturated carbocycles. The average Bonchev–Trinajstić information content (AvgIpc) is 2.71. The van der Waals surface area contributed by atoms with Crippen LogP contribution >= 0.6 is 0 Å². The molecule has 1 heterocycles. The van der Waals surface area contributed by atoms with Crippen molar-refractivity contribution in [2.24, 2.45) is 0 Å². The van der Waals surface area contributed by atoms with Crippen LogP contribution in [0.5, 0.6) is 5.75 Å². The molecular weight excluding hydrogens is 368 g/mol. The highest BCUT2D eigenvalue weighted by molar-refractivity contribution is 7.89. The van der Waals surface area contributed by atoms with Crippen LogP contribution in [0.2, 0.25) is 0 Å². The second-order valence-corrected chi connectivity index (χ2v) is 8.04. The number of sulfonamides is 1. The maximum absolute atomic E-state index is 12.9. The van der Waals surface area contributed by atoms with Crippen molar-refractivity contribution >= 4 is 22.0 Å². The van der Waals surface area contributed by atoms with E-state index in [4.69, 9.17) is 9.94 Å². The number of nitrogens with zero attached hydrogens (tertiary/aromatic N) is 1. The van der Waals surface area contributed by atoms with Gasteiger partial charge in [0, 0.05) is 19.2 Å². The summed E-state index contributed by atoms with van der Waals surface area (Å²) in [6, 6.07) is 12.0. The summed E-state index contributed by atoms with van der Waals surface area (Å²) in [7, 11) is -2.08. The van der Waals surface area contributed by atoms with Crippen LogP contribution in [0.1, 0.15) is 16.7 Å². The number of benzene rings is 2. The van der Waals surface area contributed by atoms with E-state index in [0.717, 1.165) is 16.7 Å². The van der Waals surface area contributed by atoms with Gasteiger partial charge in [-0.05, 0) is 53.5 Å². The van der Waals surface area contributed by atoms with Gasteiger partial charge in [0.25, 0.3) is 5.91 Å². The Morgan fingerprint density at radius 1 is 1.19 bits per heavy atom. The molecule has 2 N–H and O–H groups in total. The molecular formula is C19H20N2O5S. The second kappa shape index (κ2) is 7.91. The number of carbonyl (C=O) groups excluding carboxylic acids is 1. The number of nitrogens with one attached hydrogen (secondary N) is 1. The van der Waals surface area contributed by atoms with Gasteiger partial charge in [-0.25, -0.2) is 13.9 Å². The average molecular weight is 388 g/mol. The lowest BCUT2D eigenvalue weighted by atomic mass is 9.98. The van der Waals surface area contributed by atoms with Crippen molar-refractivity contribution in [3.63, 3.8) is 0 Å². The number of fused-ring (bicyclic) bond motifs is 1. The Kier molecular flexibility index (Phi) is 5.59. The van der Waals surface area contributed by atoms with Crippen LogP contribution in [-0.2, 0) is 27.8 Å². The summed E-state index contributed by atoms with van der Waals surface area (Å²) < 4.78 is 32.4. The molecule has 0 atom stereocenters. The van der Waals surface area contributed by atoms with Gasteiger partial charge < -0.3 is 4.74 Å². The van der Waals surface area contributed by atoms with E-state index in [2.05, 4.69) is 0 Å². The highest BCUT2D eigenvalue weighted by atomic mass is 32.2. The van der Waals surface area contributed by atoms with Gasteiger partial charge in [0.05, 0.1) is 12.0 Å². The van der Waals surface area contributed by atoms with E-state index in [0.29, 0.717) is 18.7 Å². The highest BCUT2D eigenvalue weighted by Gasteiger charge is 2.28. The van der Waals surface area contributed by atoms with Gasteiger partial charge in [0.2, 0.25) is 10.0 Å². The van der Waals surface area contributed by atoms with Crippen LogP contribution in [0.15, 0.2) is 53.4 Å². The molecule has 0 fully saturated rings. The van der Waals surface area contributed by atoms with Crippen molar-refractivity contribution in [2.75, 3.05) is 13.7 Å². The Balaban J connectivity index is 1.83. The number of hydrogen-bond acceptors (Lipinski definition) is 5. The monoisotopic (exact) mass is 388 g/mol. The van der Waals surface area contributed by atoms with Crippen molar-refractivity contribution < 1.29 is 23.2 Å². The molecule has 1 aliphatic rings. The van der Waals surface area contributed by atoms with E-state index in [1.807, 2.05) is 18.2 Å².